The van der Waals surface area contributed by atoms with E-state index in [2.05, 4.69) is 85.0 Å². The predicted molar refractivity (Wildman–Crippen MR) is 176 cm³/mol. The molecule has 0 radical (unpaired) electrons. The molecule has 1 aliphatic heterocycles. The van der Waals surface area contributed by atoms with E-state index in [-0.39, 0.29) is 23.0 Å². The van der Waals surface area contributed by atoms with Crippen LogP contribution >= 0.6 is 0 Å². The van der Waals surface area contributed by atoms with Crippen LogP contribution in [0.3, 0.4) is 0 Å². The Bertz CT molecular complexity index is 2050. The van der Waals surface area contributed by atoms with E-state index in [0.29, 0.717) is 11.4 Å². The number of aromatic nitrogens is 1. The van der Waals surface area contributed by atoms with Crippen molar-refractivity contribution in [3.05, 3.63) is 185 Å². The number of hydrogen-bond donors (Lipinski definition) is 2. The third-order valence-electron chi connectivity index (χ3n) is 9.14. The molecule has 0 fully saturated rings. The molecule has 3 aliphatic rings. The van der Waals surface area contributed by atoms with Crippen LogP contribution in [-0.2, 0) is 5.41 Å². The Labute approximate surface area is 256 Å². The zero-order chi connectivity index (χ0) is 29.7. The largest absolute Gasteiger partial charge is 0.457 e. The monoisotopic (exact) mass is 567 g/mol. The summed E-state index contributed by atoms with van der Waals surface area (Å²) < 4.78 is 6.66. The van der Waals surface area contributed by atoms with E-state index in [9.17, 15) is 0 Å². The lowest BCUT2D eigenvalue weighted by atomic mass is 9.62. The summed E-state index contributed by atoms with van der Waals surface area (Å²) in [6.07, 6.45) is 12.3. The highest BCUT2D eigenvalue weighted by molar-refractivity contribution is 6.13. The zero-order valence-electron chi connectivity index (χ0n) is 23.9. The standard InChI is InChI=1S/C40H29N3O/c41-34(26-11-2-1-3-12-26)23-24-35(42)37-19-10-18-36(43-37)27-21-22-33-39(25-27)44-38-20-9-8-17-32(38)40(33)30-15-6-4-13-28(30)29-14-5-7-16-31(29)40/h1-25,28,30,41-42H/b24-23-,41-34?,42-35?. The van der Waals surface area contributed by atoms with Gasteiger partial charge in [0.15, 0.2) is 0 Å². The number of para-hydroxylation sites is 1. The minimum Gasteiger partial charge on any atom is -0.457 e. The highest BCUT2D eigenvalue weighted by Crippen LogP contribution is 2.64. The van der Waals surface area contributed by atoms with E-state index in [1.807, 2.05) is 54.6 Å². The second-order valence-corrected chi connectivity index (χ2v) is 11.5. The third-order valence-corrected chi connectivity index (χ3v) is 9.14. The molecular weight excluding hydrogens is 538 g/mol. The number of nitrogens with zero attached hydrogens (tertiary/aromatic N) is 1. The molecule has 210 valence electrons. The van der Waals surface area contributed by atoms with Gasteiger partial charge in [0.25, 0.3) is 0 Å². The Morgan fingerprint density at radius 2 is 1.39 bits per heavy atom. The summed E-state index contributed by atoms with van der Waals surface area (Å²) in [6, 6.07) is 39.0. The molecule has 4 aromatic carbocycles. The van der Waals surface area contributed by atoms with E-state index in [1.54, 1.807) is 12.2 Å². The van der Waals surface area contributed by atoms with Gasteiger partial charge in [0, 0.05) is 28.5 Å². The predicted octanol–water partition coefficient (Wildman–Crippen LogP) is 9.02. The van der Waals surface area contributed by atoms with E-state index in [4.69, 9.17) is 20.5 Å². The number of hydrogen-bond acceptors (Lipinski definition) is 4. The SMILES string of the molecule is N=C(/C=C\C(=N)c1cccc(-c2ccc3c(c2)Oc2ccccc2C32c3ccccc3C3C=CC=CC32)n1)c1ccccc1. The molecule has 5 aromatic rings. The average Bonchev–Trinajstić information content (AvgIpc) is 3.38. The van der Waals surface area contributed by atoms with E-state index in [1.165, 1.54) is 16.7 Å². The Hall–Kier alpha value is -5.61. The fourth-order valence-electron chi connectivity index (χ4n) is 7.24. The highest BCUT2D eigenvalue weighted by atomic mass is 16.5. The average molecular weight is 568 g/mol. The van der Waals surface area contributed by atoms with Gasteiger partial charge in [-0.3, -0.25) is 5.41 Å². The third kappa shape index (κ3) is 3.95. The molecule has 0 saturated carbocycles. The summed E-state index contributed by atoms with van der Waals surface area (Å²) >= 11 is 0. The maximum Gasteiger partial charge on any atom is 0.132 e. The topological polar surface area (TPSA) is 69.8 Å². The van der Waals surface area contributed by atoms with Crippen molar-refractivity contribution in [2.24, 2.45) is 5.92 Å². The summed E-state index contributed by atoms with van der Waals surface area (Å²) in [5.74, 6) is 2.22. The fourth-order valence-corrected chi connectivity index (χ4v) is 7.24. The van der Waals surface area contributed by atoms with Crippen molar-refractivity contribution in [1.29, 1.82) is 10.8 Å². The quantitative estimate of drug-likeness (QED) is 0.208. The number of ether oxygens (including phenoxy) is 1. The smallest absolute Gasteiger partial charge is 0.132 e. The number of pyridine rings is 1. The highest BCUT2D eigenvalue weighted by Gasteiger charge is 2.56. The zero-order valence-corrected chi connectivity index (χ0v) is 23.9. The van der Waals surface area contributed by atoms with Crippen LogP contribution < -0.4 is 4.74 Å². The molecule has 4 heteroatoms. The lowest BCUT2D eigenvalue weighted by Gasteiger charge is -2.43. The number of rotatable bonds is 5. The van der Waals surface area contributed by atoms with Gasteiger partial charge in [-0.1, -0.05) is 115 Å². The lowest BCUT2D eigenvalue weighted by Crippen LogP contribution is -2.37. The molecule has 4 nitrogen and oxygen atoms in total. The molecule has 8 rings (SSSR count). The molecule has 0 amide bonds. The molecule has 0 bridgehead atoms. The van der Waals surface area contributed by atoms with Crippen LogP contribution in [0.4, 0.5) is 0 Å². The number of fused-ring (bicyclic) bond motifs is 9. The Kier molecular flexibility index (Phi) is 6.09. The van der Waals surface area contributed by atoms with Gasteiger partial charge in [0.2, 0.25) is 0 Å². The first-order valence-corrected chi connectivity index (χ1v) is 14.9. The maximum atomic E-state index is 8.66. The van der Waals surface area contributed by atoms with Crippen molar-refractivity contribution in [1.82, 2.24) is 4.98 Å². The first-order chi connectivity index (χ1) is 21.6. The Morgan fingerprint density at radius 3 is 2.27 bits per heavy atom. The minimum atomic E-state index is -0.378. The van der Waals surface area contributed by atoms with E-state index < -0.39 is 0 Å². The van der Waals surface area contributed by atoms with Crippen molar-refractivity contribution in [3.8, 4) is 22.8 Å². The summed E-state index contributed by atoms with van der Waals surface area (Å²) in [4.78, 5) is 4.86. The van der Waals surface area contributed by atoms with Gasteiger partial charge in [-0.25, -0.2) is 4.98 Å². The fraction of sp³-hybridized carbons (Fsp3) is 0.0750. The van der Waals surface area contributed by atoms with Gasteiger partial charge in [-0.05, 0) is 53.1 Å². The van der Waals surface area contributed by atoms with Crippen LogP contribution in [0, 0.1) is 16.7 Å². The van der Waals surface area contributed by atoms with Gasteiger partial charge in [0.1, 0.15) is 11.5 Å². The van der Waals surface area contributed by atoms with Crippen molar-refractivity contribution < 1.29 is 4.74 Å². The Morgan fingerprint density at radius 1 is 0.659 bits per heavy atom. The maximum absolute atomic E-state index is 8.66. The molecule has 3 unspecified atom stereocenters. The van der Waals surface area contributed by atoms with Crippen molar-refractivity contribution in [3.63, 3.8) is 0 Å². The summed E-state index contributed by atoms with van der Waals surface area (Å²) in [5, 5.41) is 17.0. The first kappa shape index (κ1) is 26.1. The molecule has 3 atom stereocenters. The second kappa shape index (κ2) is 10.3. The van der Waals surface area contributed by atoms with Crippen LogP contribution in [0.15, 0.2) is 152 Å². The molecule has 2 heterocycles. The number of benzene rings is 4. The van der Waals surface area contributed by atoms with Gasteiger partial charge in [-0.15, -0.1) is 0 Å². The number of nitrogens with one attached hydrogen (secondary N) is 2. The van der Waals surface area contributed by atoms with Gasteiger partial charge in [0.05, 0.1) is 28.2 Å². The summed E-state index contributed by atoms with van der Waals surface area (Å²) in [5.41, 5.74) is 8.33. The van der Waals surface area contributed by atoms with E-state index in [0.717, 1.165) is 33.9 Å². The summed E-state index contributed by atoms with van der Waals surface area (Å²) in [7, 11) is 0. The van der Waals surface area contributed by atoms with Crippen LogP contribution in [-0.4, -0.2) is 16.4 Å². The second-order valence-electron chi connectivity index (χ2n) is 11.5. The molecule has 2 aliphatic carbocycles. The van der Waals surface area contributed by atoms with Gasteiger partial charge in [-0.2, -0.15) is 0 Å². The van der Waals surface area contributed by atoms with Crippen molar-refractivity contribution in [2.45, 2.75) is 11.3 Å². The molecule has 1 aromatic heterocycles. The van der Waals surface area contributed by atoms with Crippen molar-refractivity contribution in [2.75, 3.05) is 0 Å². The van der Waals surface area contributed by atoms with Crippen molar-refractivity contribution >= 4 is 11.4 Å². The first-order valence-electron chi connectivity index (χ1n) is 14.9. The minimum absolute atomic E-state index is 0.225. The van der Waals surface area contributed by atoms with Crippen LogP contribution in [0.1, 0.15) is 39.4 Å². The molecule has 2 N–H and O–H groups in total. The normalized spacial score (nSPS) is 20.5. The molecule has 44 heavy (non-hydrogen) atoms. The molecule has 0 saturated heterocycles. The molecule has 1 spiro atoms. The van der Waals surface area contributed by atoms with Gasteiger partial charge >= 0.3 is 0 Å². The van der Waals surface area contributed by atoms with Gasteiger partial charge < -0.3 is 10.1 Å². The number of allylic oxidation sites excluding steroid dienone is 6. The summed E-state index contributed by atoms with van der Waals surface area (Å²) in [6.45, 7) is 0. The van der Waals surface area contributed by atoms with E-state index >= 15 is 0 Å². The van der Waals surface area contributed by atoms with Crippen LogP contribution in [0.5, 0.6) is 11.5 Å². The van der Waals surface area contributed by atoms with Crippen LogP contribution in [0.25, 0.3) is 11.3 Å². The molecular formula is C40H29N3O. The Balaban J connectivity index is 1.20. The lowest BCUT2D eigenvalue weighted by molar-refractivity contribution is 0.374. The van der Waals surface area contributed by atoms with Crippen LogP contribution in [0.2, 0.25) is 0 Å².